The van der Waals surface area contributed by atoms with Crippen molar-refractivity contribution in [1.82, 2.24) is 5.32 Å². The van der Waals surface area contributed by atoms with Gasteiger partial charge in [-0.1, -0.05) is 19.1 Å². The van der Waals surface area contributed by atoms with Gasteiger partial charge in [-0.05, 0) is 51.3 Å². The Morgan fingerprint density at radius 3 is 2.45 bits per heavy atom. The number of nitrogens with two attached hydrogens (primary N) is 1. The van der Waals surface area contributed by atoms with E-state index < -0.39 is 0 Å². The van der Waals surface area contributed by atoms with Gasteiger partial charge in [0.2, 0.25) is 0 Å². The molecule has 0 aliphatic heterocycles. The Labute approximate surface area is 121 Å². The maximum absolute atomic E-state index is 11.8. The Kier molecular flexibility index (Phi) is 6.02. The molecule has 1 atom stereocenters. The van der Waals surface area contributed by atoms with E-state index in [2.05, 4.69) is 5.32 Å². The maximum atomic E-state index is 11.8. The van der Waals surface area contributed by atoms with Crippen LogP contribution in [0.3, 0.4) is 0 Å². The first kappa shape index (κ1) is 16.5. The number of hydrogen-bond acceptors (Lipinski definition) is 3. The number of benzene rings is 1. The monoisotopic (exact) mass is 278 g/mol. The van der Waals surface area contributed by atoms with Gasteiger partial charge in [0, 0.05) is 11.6 Å². The molecule has 0 fully saturated rings. The first-order valence-electron chi connectivity index (χ1n) is 7.10. The summed E-state index contributed by atoms with van der Waals surface area (Å²) in [5.41, 5.74) is 6.73. The molecule has 1 aromatic carbocycles. The molecular formula is C16H26N2O2. The van der Waals surface area contributed by atoms with Crippen LogP contribution in [0.2, 0.25) is 0 Å². The molecule has 0 aromatic heterocycles. The molecule has 0 radical (unpaired) electrons. The highest BCUT2D eigenvalue weighted by atomic mass is 16.5. The van der Waals surface area contributed by atoms with Crippen molar-refractivity contribution in [1.29, 1.82) is 0 Å². The smallest absolute Gasteiger partial charge is 0.258 e. The Hall–Kier alpha value is -1.55. The summed E-state index contributed by atoms with van der Waals surface area (Å²) in [4.78, 5) is 11.8. The summed E-state index contributed by atoms with van der Waals surface area (Å²) >= 11 is 0. The van der Waals surface area contributed by atoms with Crippen LogP contribution in [-0.4, -0.2) is 24.1 Å². The van der Waals surface area contributed by atoms with Crippen LogP contribution in [0.25, 0.3) is 0 Å². The molecule has 1 amide bonds. The summed E-state index contributed by atoms with van der Waals surface area (Å²) in [6, 6.07) is 7.84. The van der Waals surface area contributed by atoms with Crippen molar-refractivity contribution in [3.8, 4) is 5.75 Å². The SMILES string of the molecule is CCC(C)(C)NC(=O)COc1ccc(CC(C)N)cc1. The minimum absolute atomic E-state index is 0.0378. The minimum Gasteiger partial charge on any atom is -0.484 e. The fraction of sp³-hybridized carbons (Fsp3) is 0.562. The molecule has 1 unspecified atom stereocenters. The van der Waals surface area contributed by atoms with E-state index in [4.69, 9.17) is 10.5 Å². The number of carbonyl (C=O) groups is 1. The van der Waals surface area contributed by atoms with Gasteiger partial charge in [-0.3, -0.25) is 4.79 Å². The number of rotatable bonds is 7. The molecule has 0 aliphatic rings. The van der Waals surface area contributed by atoms with Gasteiger partial charge in [0.15, 0.2) is 6.61 Å². The van der Waals surface area contributed by atoms with Gasteiger partial charge in [-0.15, -0.1) is 0 Å². The highest BCUT2D eigenvalue weighted by molar-refractivity contribution is 5.78. The van der Waals surface area contributed by atoms with E-state index in [9.17, 15) is 4.79 Å². The maximum Gasteiger partial charge on any atom is 0.258 e. The summed E-state index contributed by atoms with van der Waals surface area (Å²) in [5, 5.41) is 2.93. The van der Waals surface area contributed by atoms with Crippen LogP contribution < -0.4 is 15.8 Å². The summed E-state index contributed by atoms with van der Waals surface area (Å²) in [6.45, 7) is 8.04. The first-order valence-corrected chi connectivity index (χ1v) is 7.10. The molecule has 0 aliphatic carbocycles. The average Bonchev–Trinajstić information content (AvgIpc) is 2.37. The predicted octanol–water partition coefficient (Wildman–Crippen LogP) is 2.26. The number of carbonyl (C=O) groups excluding carboxylic acids is 1. The van der Waals surface area contributed by atoms with E-state index in [1.165, 1.54) is 5.56 Å². The fourth-order valence-electron chi connectivity index (χ4n) is 1.74. The van der Waals surface area contributed by atoms with E-state index in [0.29, 0.717) is 5.75 Å². The molecule has 4 nitrogen and oxygen atoms in total. The summed E-state index contributed by atoms with van der Waals surface area (Å²) in [7, 11) is 0. The highest BCUT2D eigenvalue weighted by Crippen LogP contribution is 2.13. The lowest BCUT2D eigenvalue weighted by molar-refractivity contribution is -0.124. The first-order chi connectivity index (χ1) is 9.32. The third-order valence-corrected chi connectivity index (χ3v) is 3.21. The quantitative estimate of drug-likeness (QED) is 0.804. The van der Waals surface area contributed by atoms with Crippen molar-refractivity contribution in [2.45, 2.75) is 52.1 Å². The topological polar surface area (TPSA) is 64.3 Å². The van der Waals surface area contributed by atoms with Crippen LogP contribution >= 0.6 is 0 Å². The third kappa shape index (κ3) is 6.06. The van der Waals surface area contributed by atoms with E-state index >= 15 is 0 Å². The minimum atomic E-state index is -0.193. The zero-order valence-electron chi connectivity index (χ0n) is 12.9. The van der Waals surface area contributed by atoms with Crippen LogP contribution in [0.15, 0.2) is 24.3 Å². The van der Waals surface area contributed by atoms with Crippen molar-refractivity contribution in [3.63, 3.8) is 0 Å². The van der Waals surface area contributed by atoms with Crippen molar-refractivity contribution in [2.75, 3.05) is 6.61 Å². The predicted molar refractivity (Wildman–Crippen MR) is 81.8 cm³/mol. The molecule has 0 saturated carbocycles. The van der Waals surface area contributed by atoms with Gasteiger partial charge in [0.05, 0.1) is 0 Å². The zero-order chi connectivity index (χ0) is 15.2. The molecule has 1 rings (SSSR count). The lowest BCUT2D eigenvalue weighted by Gasteiger charge is -2.24. The summed E-state index contributed by atoms with van der Waals surface area (Å²) in [6.07, 6.45) is 1.72. The van der Waals surface area contributed by atoms with Crippen molar-refractivity contribution in [3.05, 3.63) is 29.8 Å². The highest BCUT2D eigenvalue weighted by Gasteiger charge is 2.17. The number of ether oxygens (including phenoxy) is 1. The van der Waals surface area contributed by atoms with Gasteiger partial charge >= 0.3 is 0 Å². The molecule has 1 aromatic rings. The number of nitrogens with one attached hydrogen (secondary N) is 1. The van der Waals surface area contributed by atoms with Crippen LogP contribution in [-0.2, 0) is 11.2 Å². The summed E-state index contributed by atoms with van der Waals surface area (Å²) < 4.78 is 5.47. The van der Waals surface area contributed by atoms with Gasteiger partial charge < -0.3 is 15.8 Å². The largest absolute Gasteiger partial charge is 0.484 e. The molecule has 112 valence electrons. The van der Waals surface area contributed by atoms with Gasteiger partial charge in [-0.25, -0.2) is 0 Å². The Bertz CT molecular complexity index is 425. The molecule has 4 heteroatoms. The number of hydrogen-bond donors (Lipinski definition) is 2. The zero-order valence-corrected chi connectivity index (χ0v) is 12.9. The second kappa shape index (κ2) is 7.29. The van der Waals surface area contributed by atoms with Crippen LogP contribution in [0, 0.1) is 0 Å². The van der Waals surface area contributed by atoms with Crippen LogP contribution in [0.4, 0.5) is 0 Å². The van der Waals surface area contributed by atoms with E-state index in [1.807, 2.05) is 52.0 Å². The van der Waals surface area contributed by atoms with Crippen molar-refractivity contribution >= 4 is 5.91 Å². The third-order valence-electron chi connectivity index (χ3n) is 3.21. The van der Waals surface area contributed by atoms with Crippen molar-refractivity contribution in [2.24, 2.45) is 5.73 Å². The second-order valence-electron chi connectivity index (χ2n) is 5.90. The molecule has 0 saturated heterocycles. The van der Waals surface area contributed by atoms with Gasteiger partial charge in [0.1, 0.15) is 5.75 Å². The van der Waals surface area contributed by atoms with Gasteiger partial charge in [0.25, 0.3) is 5.91 Å². The molecular weight excluding hydrogens is 252 g/mol. The van der Waals surface area contributed by atoms with E-state index in [0.717, 1.165) is 12.8 Å². The van der Waals surface area contributed by atoms with Crippen molar-refractivity contribution < 1.29 is 9.53 Å². The molecule has 20 heavy (non-hydrogen) atoms. The molecule has 3 N–H and O–H groups in total. The van der Waals surface area contributed by atoms with E-state index in [-0.39, 0.29) is 24.1 Å². The number of amides is 1. The molecule has 0 spiro atoms. The summed E-state index contributed by atoms with van der Waals surface area (Å²) in [5.74, 6) is 0.597. The van der Waals surface area contributed by atoms with Crippen LogP contribution in [0.1, 0.15) is 39.7 Å². The normalized spacial score (nSPS) is 12.8. The Balaban J connectivity index is 2.44. The van der Waals surface area contributed by atoms with Crippen LogP contribution in [0.5, 0.6) is 5.75 Å². The van der Waals surface area contributed by atoms with E-state index in [1.54, 1.807) is 0 Å². The Morgan fingerprint density at radius 2 is 1.95 bits per heavy atom. The van der Waals surface area contributed by atoms with Gasteiger partial charge in [-0.2, -0.15) is 0 Å². The Morgan fingerprint density at radius 1 is 1.35 bits per heavy atom. The lowest BCUT2D eigenvalue weighted by atomic mass is 10.0. The fourth-order valence-corrected chi connectivity index (χ4v) is 1.74. The average molecular weight is 278 g/mol. The second-order valence-corrected chi connectivity index (χ2v) is 5.90. The lowest BCUT2D eigenvalue weighted by Crippen LogP contribution is -2.44. The molecule has 0 bridgehead atoms. The molecule has 0 heterocycles. The standard InChI is InChI=1S/C16H26N2O2/c1-5-16(3,4)18-15(19)11-20-14-8-6-13(7-9-14)10-12(2)17/h6-9,12H,5,10-11,17H2,1-4H3,(H,18,19).